The molecule has 7 nitrogen and oxygen atoms in total. The Morgan fingerprint density at radius 3 is 2.26 bits per heavy atom. The molecule has 0 radical (unpaired) electrons. The highest BCUT2D eigenvalue weighted by molar-refractivity contribution is 5.84. The number of carbonyl (C=O) groups excluding carboxylic acids is 3. The third-order valence-corrected chi connectivity index (χ3v) is 7.16. The molecule has 5 rings (SSSR count). The molecule has 0 unspecified atom stereocenters. The Balaban J connectivity index is 1.14. The highest BCUT2D eigenvalue weighted by atomic mass is 16.5. The minimum Gasteiger partial charge on any atom is -0.496 e. The van der Waals surface area contributed by atoms with Gasteiger partial charge in [0.1, 0.15) is 12.3 Å². The first-order chi connectivity index (χ1) is 14.9. The van der Waals surface area contributed by atoms with Gasteiger partial charge in [0.25, 0.3) is 5.91 Å². The van der Waals surface area contributed by atoms with Crippen molar-refractivity contribution in [2.45, 2.75) is 51.5 Å². The zero-order valence-corrected chi connectivity index (χ0v) is 18.2. The molecule has 168 valence electrons. The molecule has 1 aromatic rings. The SMILES string of the molecule is COc1ccccc1CNC(=O)COC(=O)CNC(=O)CC12CC3CC(CC(C3)C1)C2. The fourth-order valence-electron chi connectivity index (χ4n) is 6.37. The van der Waals surface area contributed by atoms with E-state index in [9.17, 15) is 14.4 Å². The van der Waals surface area contributed by atoms with E-state index in [1.165, 1.54) is 19.3 Å². The first-order valence-electron chi connectivity index (χ1n) is 11.3. The standard InChI is InChI=1S/C24H32N2O5/c1-30-20-5-3-2-4-19(20)13-25-22(28)15-31-23(29)14-26-21(27)12-24-9-16-6-17(10-24)8-18(7-16)11-24/h2-5,16-18H,6-15H2,1H3,(H,25,28)(H,26,27). The fourth-order valence-corrected chi connectivity index (χ4v) is 6.37. The number of hydrogen-bond acceptors (Lipinski definition) is 5. The van der Waals surface area contributed by atoms with Crippen molar-refractivity contribution >= 4 is 17.8 Å². The molecule has 4 fully saturated rings. The summed E-state index contributed by atoms with van der Waals surface area (Å²) in [5.74, 6) is 1.96. The Hall–Kier alpha value is -2.57. The van der Waals surface area contributed by atoms with Crippen LogP contribution >= 0.6 is 0 Å². The lowest BCUT2D eigenvalue weighted by Gasteiger charge is -2.56. The van der Waals surface area contributed by atoms with Crippen LogP contribution in [0.25, 0.3) is 0 Å². The van der Waals surface area contributed by atoms with E-state index in [-0.39, 0.29) is 31.0 Å². The number of benzene rings is 1. The second-order valence-corrected chi connectivity index (χ2v) is 9.62. The van der Waals surface area contributed by atoms with Gasteiger partial charge < -0.3 is 20.1 Å². The molecule has 2 N–H and O–H groups in total. The number of rotatable bonds is 9. The molecule has 4 saturated carbocycles. The molecule has 0 spiro atoms. The number of ether oxygens (including phenoxy) is 2. The number of carbonyl (C=O) groups is 3. The molecule has 2 amide bonds. The second-order valence-electron chi connectivity index (χ2n) is 9.62. The predicted octanol–water partition coefficient (Wildman–Crippen LogP) is 2.58. The van der Waals surface area contributed by atoms with Crippen LogP contribution in [0.5, 0.6) is 5.75 Å². The zero-order chi connectivity index (χ0) is 21.8. The van der Waals surface area contributed by atoms with Crippen LogP contribution in [0, 0.1) is 23.2 Å². The van der Waals surface area contributed by atoms with Gasteiger partial charge in [0.2, 0.25) is 5.91 Å². The maximum Gasteiger partial charge on any atom is 0.325 e. The Bertz CT molecular complexity index is 802. The van der Waals surface area contributed by atoms with Crippen molar-refractivity contribution in [3.63, 3.8) is 0 Å². The third kappa shape index (κ3) is 5.38. The summed E-state index contributed by atoms with van der Waals surface area (Å²) < 4.78 is 10.2. The topological polar surface area (TPSA) is 93.7 Å². The molecule has 0 aromatic heterocycles. The van der Waals surface area contributed by atoms with E-state index in [1.54, 1.807) is 7.11 Å². The van der Waals surface area contributed by atoms with Crippen LogP contribution in [0.1, 0.15) is 50.5 Å². The monoisotopic (exact) mass is 428 g/mol. The predicted molar refractivity (Wildman–Crippen MR) is 114 cm³/mol. The van der Waals surface area contributed by atoms with Crippen LogP contribution in [0.3, 0.4) is 0 Å². The van der Waals surface area contributed by atoms with Crippen molar-refractivity contribution in [3.8, 4) is 5.75 Å². The number of hydrogen-bond donors (Lipinski definition) is 2. The molecule has 0 saturated heterocycles. The summed E-state index contributed by atoms with van der Waals surface area (Å²) in [5, 5.41) is 5.39. The first kappa shape index (κ1) is 21.7. The van der Waals surface area contributed by atoms with E-state index in [0.717, 1.165) is 42.6 Å². The van der Waals surface area contributed by atoms with Crippen LogP contribution in [-0.2, 0) is 25.7 Å². The van der Waals surface area contributed by atoms with E-state index < -0.39 is 11.9 Å². The van der Waals surface area contributed by atoms with E-state index in [1.807, 2.05) is 24.3 Å². The van der Waals surface area contributed by atoms with Gasteiger partial charge in [-0.15, -0.1) is 0 Å². The maximum atomic E-state index is 12.5. The smallest absolute Gasteiger partial charge is 0.325 e. The largest absolute Gasteiger partial charge is 0.496 e. The summed E-state index contributed by atoms with van der Waals surface area (Å²) >= 11 is 0. The van der Waals surface area contributed by atoms with Crippen molar-refractivity contribution in [3.05, 3.63) is 29.8 Å². The van der Waals surface area contributed by atoms with Crippen molar-refractivity contribution in [1.29, 1.82) is 0 Å². The lowest BCUT2D eigenvalue weighted by Crippen LogP contribution is -2.48. The molecule has 0 heterocycles. The Morgan fingerprint density at radius 2 is 1.61 bits per heavy atom. The average Bonchev–Trinajstić information content (AvgIpc) is 2.73. The summed E-state index contributed by atoms with van der Waals surface area (Å²) in [6.07, 6.45) is 7.99. The summed E-state index contributed by atoms with van der Waals surface area (Å²) in [5.41, 5.74) is 0.975. The van der Waals surface area contributed by atoms with E-state index in [0.29, 0.717) is 12.2 Å². The summed E-state index contributed by atoms with van der Waals surface area (Å²) in [6, 6.07) is 7.37. The highest BCUT2D eigenvalue weighted by Gasteiger charge is 2.51. The number of methoxy groups -OCH3 is 1. The van der Waals surface area contributed by atoms with Crippen LogP contribution in [0.2, 0.25) is 0 Å². The van der Waals surface area contributed by atoms with Gasteiger partial charge in [-0.1, -0.05) is 18.2 Å². The zero-order valence-electron chi connectivity index (χ0n) is 18.2. The van der Waals surface area contributed by atoms with Gasteiger partial charge in [0.15, 0.2) is 6.61 Å². The summed E-state index contributed by atoms with van der Waals surface area (Å²) in [4.78, 5) is 36.4. The lowest BCUT2D eigenvalue weighted by atomic mass is 9.49. The number of nitrogens with one attached hydrogen (secondary N) is 2. The van der Waals surface area contributed by atoms with Crippen LogP contribution in [0.15, 0.2) is 24.3 Å². The van der Waals surface area contributed by atoms with Crippen molar-refractivity contribution in [2.24, 2.45) is 23.2 Å². The normalized spacial score (nSPS) is 28.1. The third-order valence-electron chi connectivity index (χ3n) is 7.16. The molecule has 1 aromatic carbocycles. The van der Waals surface area contributed by atoms with E-state index in [4.69, 9.17) is 9.47 Å². The van der Waals surface area contributed by atoms with Gasteiger partial charge in [-0.3, -0.25) is 14.4 Å². The Labute approximate surface area is 183 Å². The van der Waals surface area contributed by atoms with Gasteiger partial charge in [-0.2, -0.15) is 0 Å². The lowest BCUT2D eigenvalue weighted by molar-refractivity contribution is -0.148. The van der Waals surface area contributed by atoms with Gasteiger partial charge in [0, 0.05) is 18.5 Å². The van der Waals surface area contributed by atoms with Gasteiger partial charge in [-0.05, 0) is 67.8 Å². The molecular formula is C24H32N2O5. The van der Waals surface area contributed by atoms with Crippen LogP contribution < -0.4 is 15.4 Å². The molecule has 7 heteroatoms. The second kappa shape index (κ2) is 9.28. The van der Waals surface area contributed by atoms with E-state index in [2.05, 4.69) is 10.6 Å². The van der Waals surface area contributed by atoms with Crippen molar-refractivity contribution in [2.75, 3.05) is 20.3 Å². The molecule has 0 aliphatic heterocycles. The minimum atomic E-state index is -0.605. The number of amides is 2. The first-order valence-corrected chi connectivity index (χ1v) is 11.3. The molecule has 4 aliphatic carbocycles. The number of esters is 1. The molecule has 4 aliphatic rings. The Kier molecular flexibility index (Phi) is 6.49. The van der Waals surface area contributed by atoms with Gasteiger partial charge in [0.05, 0.1) is 7.11 Å². The summed E-state index contributed by atoms with van der Waals surface area (Å²) in [7, 11) is 1.57. The highest BCUT2D eigenvalue weighted by Crippen LogP contribution is 2.61. The number of para-hydroxylation sites is 1. The van der Waals surface area contributed by atoms with E-state index >= 15 is 0 Å². The quantitative estimate of drug-likeness (QED) is 0.590. The van der Waals surface area contributed by atoms with Gasteiger partial charge >= 0.3 is 5.97 Å². The van der Waals surface area contributed by atoms with Crippen molar-refractivity contribution < 1.29 is 23.9 Å². The fraction of sp³-hybridized carbons (Fsp3) is 0.625. The average molecular weight is 429 g/mol. The molecule has 31 heavy (non-hydrogen) atoms. The molecular weight excluding hydrogens is 396 g/mol. The van der Waals surface area contributed by atoms with Crippen LogP contribution in [0.4, 0.5) is 0 Å². The summed E-state index contributed by atoms with van der Waals surface area (Å²) in [6.45, 7) is -0.300. The molecule has 0 atom stereocenters. The Morgan fingerprint density at radius 1 is 0.968 bits per heavy atom. The maximum absolute atomic E-state index is 12.5. The van der Waals surface area contributed by atoms with Gasteiger partial charge in [-0.25, -0.2) is 0 Å². The van der Waals surface area contributed by atoms with Crippen molar-refractivity contribution in [1.82, 2.24) is 10.6 Å². The minimum absolute atomic E-state index is 0.0838. The van der Waals surface area contributed by atoms with Crippen LogP contribution in [-0.4, -0.2) is 38.0 Å². The molecule has 4 bridgehead atoms.